The molecule has 5 nitrogen and oxygen atoms in total. The van der Waals surface area contributed by atoms with Crippen molar-refractivity contribution in [2.75, 3.05) is 26.2 Å². The molecule has 0 fully saturated rings. The highest BCUT2D eigenvalue weighted by atomic mass is 35.5. The number of likely N-dealkylation sites (N-methyl/N-ethyl adjacent to an activating group) is 1. The van der Waals surface area contributed by atoms with Crippen molar-refractivity contribution in [3.63, 3.8) is 0 Å². The maximum Gasteiger partial charge on any atom is 0.228 e. The lowest BCUT2D eigenvalue weighted by Gasteiger charge is -2.18. The molecule has 0 unspecified atom stereocenters. The predicted octanol–water partition coefficient (Wildman–Crippen LogP) is 4.17. The highest BCUT2D eigenvalue weighted by Crippen LogP contribution is 2.18. The first-order valence-corrected chi connectivity index (χ1v) is 9.15. The molecule has 28 heavy (non-hydrogen) atoms. The summed E-state index contributed by atoms with van der Waals surface area (Å²) in [5, 5.41) is 0.464. The van der Waals surface area contributed by atoms with Gasteiger partial charge in [-0.15, -0.1) is 12.4 Å². The number of carbonyl (C=O) groups is 1. The molecule has 1 aromatic heterocycles. The molecule has 2 aromatic carbocycles. The van der Waals surface area contributed by atoms with Gasteiger partial charge in [0.25, 0.3) is 0 Å². The Hall–Kier alpha value is -2.63. The summed E-state index contributed by atoms with van der Waals surface area (Å²) in [5.74, 6) is 0.417. The second-order valence-corrected chi connectivity index (χ2v) is 6.20. The fourth-order valence-electron chi connectivity index (χ4n) is 2.89. The molecule has 3 aromatic rings. The lowest BCUT2D eigenvalue weighted by atomic mass is 10.1. The Kier molecular flexibility index (Phi) is 7.79. The number of carbonyl (C=O) groups excluding carboxylic acids is 1. The minimum atomic E-state index is -0.326. The molecular formula is C22H24ClNO4. The molecule has 0 aliphatic carbocycles. The van der Waals surface area contributed by atoms with Crippen molar-refractivity contribution in [1.82, 2.24) is 4.90 Å². The fraction of sp³-hybridized carbons (Fsp3) is 0.273. The summed E-state index contributed by atoms with van der Waals surface area (Å²) in [6.07, 6.45) is 0. The molecule has 0 saturated heterocycles. The van der Waals surface area contributed by atoms with E-state index in [0.717, 1.165) is 19.6 Å². The van der Waals surface area contributed by atoms with Gasteiger partial charge in [-0.3, -0.25) is 9.59 Å². The Morgan fingerprint density at radius 3 is 2.39 bits per heavy atom. The third-order valence-corrected chi connectivity index (χ3v) is 4.55. The van der Waals surface area contributed by atoms with Crippen LogP contribution in [0.25, 0.3) is 11.0 Å². The van der Waals surface area contributed by atoms with Crippen LogP contribution in [0, 0.1) is 0 Å². The highest BCUT2D eigenvalue weighted by Gasteiger charge is 2.14. The first kappa shape index (κ1) is 21.7. The maximum atomic E-state index is 12.7. The minimum absolute atomic E-state index is 0. The monoisotopic (exact) mass is 401 g/mol. The van der Waals surface area contributed by atoms with E-state index in [1.807, 2.05) is 0 Å². The number of ketones is 1. The molecule has 0 atom stereocenters. The number of hydrogen-bond acceptors (Lipinski definition) is 5. The van der Waals surface area contributed by atoms with Crippen LogP contribution in [0.5, 0.6) is 5.75 Å². The Labute approximate surface area is 170 Å². The second kappa shape index (κ2) is 10.1. The molecule has 0 saturated carbocycles. The van der Waals surface area contributed by atoms with Gasteiger partial charge in [-0.05, 0) is 49.5 Å². The van der Waals surface area contributed by atoms with Gasteiger partial charge in [-0.25, -0.2) is 0 Å². The predicted molar refractivity (Wildman–Crippen MR) is 113 cm³/mol. The first-order chi connectivity index (χ1) is 13.1. The molecule has 0 aliphatic heterocycles. The Morgan fingerprint density at radius 1 is 1.04 bits per heavy atom. The lowest BCUT2D eigenvalue weighted by Crippen LogP contribution is -2.27. The van der Waals surface area contributed by atoms with Gasteiger partial charge in [0.2, 0.25) is 5.78 Å². The topological polar surface area (TPSA) is 59.8 Å². The summed E-state index contributed by atoms with van der Waals surface area (Å²) < 4.78 is 11.3. The van der Waals surface area contributed by atoms with Gasteiger partial charge in [0.1, 0.15) is 17.9 Å². The highest BCUT2D eigenvalue weighted by molar-refractivity contribution is 6.07. The molecule has 148 valence electrons. The number of fused-ring (bicyclic) bond motifs is 1. The van der Waals surface area contributed by atoms with Crippen LogP contribution in [0.3, 0.4) is 0 Å². The Bertz CT molecular complexity index is 978. The number of ether oxygens (including phenoxy) is 1. The molecule has 0 radical (unpaired) electrons. The molecular weight excluding hydrogens is 378 g/mol. The van der Waals surface area contributed by atoms with Crippen LogP contribution >= 0.6 is 12.4 Å². The summed E-state index contributed by atoms with van der Waals surface area (Å²) in [4.78, 5) is 27.1. The van der Waals surface area contributed by atoms with E-state index in [2.05, 4.69) is 18.7 Å². The van der Waals surface area contributed by atoms with E-state index >= 15 is 0 Å². The van der Waals surface area contributed by atoms with Gasteiger partial charge >= 0.3 is 0 Å². The van der Waals surface area contributed by atoms with Crippen LogP contribution in [0.15, 0.2) is 63.8 Å². The average molecular weight is 402 g/mol. The lowest BCUT2D eigenvalue weighted by molar-refractivity contribution is 0.101. The van der Waals surface area contributed by atoms with Crippen molar-refractivity contribution in [2.24, 2.45) is 0 Å². The van der Waals surface area contributed by atoms with Crippen molar-refractivity contribution < 1.29 is 13.9 Å². The average Bonchev–Trinajstić information content (AvgIpc) is 2.71. The number of nitrogens with zero attached hydrogens (tertiary/aromatic N) is 1. The standard InChI is InChI=1S/C22H23NO4.ClH/c1-3-23(4-2)13-14-26-17-11-9-16(10-12-17)22(25)21-15-19(24)18-7-5-6-8-20(18)27-21;/h5-12,15H,3-4,13-14H2,1-2H3;1H. The van der Waals surface area contributed by atoms with Crippen LogP contribution < -0.4 is 10.2 Å². The van der Waals surface area contributed by atoms with Crippen molar-refractivity contribution in [3.8, 4) is 5.75 Å². The largest absolute Gasteiger partial charge is 0.492 e. The molecule has 0 N–H and O–H groups in total. The number of rotatable bonds is 8. The number of para-hydroxylation sites is 1. The van der Waals surface area contributed by atoms with Gasteiger partial charge in [0.05, 0.1) is 5.39 Å². The first-order valence-electron chi connectivity index (χ1n) is 9.15. The number of hydrogen-bond donors (Lipinski definition) is 0. The van der Waals surface area contributed by atoms with E-state index in [0.29, 0.717) is 28.9 Å². The molecule has 0 spiro atoms. The molecule has 0 amide bonds. The van der Waals surface area contributed by atoms with E-state index in [1.165, 1.54) is 6.07 Å². The van der Waals surface area contributed by atoms with E-state index in [9.17, 15) is 9.59 Å². The van der Waals surface area contributed by atoms with Crippen LogP contribution in [0.4, 0.5) is 0 Å². The SMILES string of the molecule is CCN(CC)CCOc1ccc(C(=O)c2cc(=O)c3ccccc3o2)cc1.Cl. The van der Waals surface area contributed by atoms with Crippen LogP contribution in [0.1, 0.15) is 30.0 Å². The normalized spacial score (nSPS) is 10.7. The Morgan fingerprint density at radius 2 is 1.71 bits per heavy atom. The number of benzene rings is 2. The summed E-state index contributed by atoms with van der Waals surface area (Å²) in [6.45, 7) is 7.67. The van der Waals surface area contributed by atoms with E-state index in [1.54, 1.807) is 48.5 Å². The minimum Gasteiger partial charge on any atom is -0.492 e. The maximum absolute atomic E-state index is 12.7. The van der Waals surface area contributed by atoms with Gasteiger partial charge in [0, 0.05) is 18.2 Å². The van der Waals surface area contributed by atoms with Gasteiger partial charge in [-0.1, -0.05) is 26.0 Å². The third kappa shape index (κ3) is 5.00. The van der Waals surface area contributed by atoms with Gasteiger partial charge in [0.15, 0.2) is 11.2 Å². The zero-order valence-electron chi connectivity index (χ0n) is 16.0. The smallest absolute Gasteiger partial charge is 0.228 e. The van der Waals surface area contributed by atoms with Crippen molar-refractivity contribution in [3.05, 3.63) is 76.1 Å². The summed E-state index contributed by atoms with van der Waals surface area (Å²) >= 11 is 0. The summed E-state index contributed by atoms with van der Waals surface area (Å²) in [6, 6.07) is 15.0. The molecule has 6 heteroatoms. The van der Waals surface area contributed by atoms with E-state index in [-0.39, 0.29) is 29.4 Å². The van der Waals surface area contributed by atoms with Crippen LogP contribution in [-0.4, -0.2) is 36.9 Å². The Balaban J connectivity index is 0.00000280. The van der Waals surface area contributed by atoms with Crippen molar-refractivity contribution in [2.45, 2.75) is 13.8 Å². The zero-order chi connectivity index (χ0) is 19.2. The third-order valence-electron chi connectivity index (χ3n) is 4.55. The zero-order valence-corrected chi connectivity index (χ0v) is 16.8. The van der Waals surface area contributed by atoms with Gasteiger partial charge < -0.3 is 14.1 Å². The molecule has 0 bridgehead atoms. The van der Waals surface area contributed by atoms with Gasteiger partial charge in [-0.2, -0.15) is 0 Å². The quantitative estimate of drug-likeness (QED) is 0.530. The second-order valence-electron chi connectivity index (χ2n) is 6.20. The molecule has 3 rings (SSSR count). The van der Waals surface area contributed by atoms with E-state index in [4.69, 9.17) is 9.15 Å². The molecule has 0 aliphatic rings. The summed E-state index contributed by atoms with van der Waals surface area (Å²) in [7, 11) is 0. The van der Waals surface area contributed by atoms with Crippen LogP contribution in [-0.2, 0) is 0 Å². The summed E-state index contributed by atoms with van der Waals surface area (Å²) in [5.41, 5.74) is 0.630. The van der Waals surface area contributed by atoms with Crippen LogP contribution in [0.2, 0.25) is 0 Å². The van der Waals surface area contributed by atoms with Crippen molar-refractivity contribution >= 4 is 29.2 Å². The van der Waals surface area contributed by atoms with Crippen molar-refractivity contribution in [1.29, 1.82) is 0 Å². The molecule has 1 heterocycles. The fourth-order valence-corrected chi connectivity index (χ4v) is 2.89. The van der Waals surface area contributed by atoms with E-state index < -0.39 is 0 Å². The number of halogens is 1.